The van der Waals surface area contributed by atoms with Crippen LogP contribution in [-0.4, -0.2) is 11.2 Å². The number of aromatic amines is 1. The largest absolute Gasteiger partial charge is 0.340 e. The monoisotopic (exact) mass is 209 g/mol. The van der Waals surface area contributed by atoms with E-state index in [1.807, 2.05) is 41.6 Å². The Morgan fingerprint density at radius 1 is 1.06 bits per heavy atom. The van der Waals surface area contributed by atoms with Crippen LogP contribution in [0.5, 0.6) is 0 Å². The molecule has 2 heterocycles. The third-order valence-corrected chi connectivity index (χ3v) is 2.49. The summed E-state index contributed by atoms with van der Waals surface area (Å²) in [6.45, 7) is 0. The molecule has 0 spiro atoms. The van der Waals surface area contributed by atoms with Crippen LogP contribution in [0.2, 0.25) is 0 Å². The van der Waals surface area contributed by atoms with Gasteiger partial charge in [-0.25, -0.2) is 5.01 Å². The van der Waals surface area contributed by atoms with Crippen LogP contribution < -0.4 is 5.01 Å². The van der Waals surface area contributed by atoms with Crippen LogP contribution in [0.3, 0.4) is 0 Å². The van der Waals surface area contributed by atoms with Gasteiger partial charge in [0.05, 0.1) is 0 Å². The topological polar surface area (TPSA) is 31.4 Å². The van der Waals surface area contributed by atoms with E-state index in [-0.39, 0.29) is 0 Å². The Morgan fingerprint density at radius 3 is 2.94 bits per heavy atom. The van der Waals surface area contributed by atoms with Crippen LogP contribution in [0.15, 0.2) is 59.9 Å². The van der Waals surface area contributed by atoms with Crippen molar-refractivity contribution in [2.24, 2.45) is 5.10 Å². The van der Waals surface area contributed by atoms with Gasteiger partial charge in [-0.05, 0) is 24.3 Å². The first-order chi connectivity index (χ1) is 7.93. The zero-order valence-corrected chi connectivity index (χ0v) is 8.67. The van der Waals surface area contributed by atoms with Crippen LogP contribution in [-0.2, 0) is 0 Å². The number of hydrogen-bond donors (Lipinski definition) is 1. The van der Waals surface area contributed by atoms with Crippen molar-refractivity contribution in [1.82, 2.24) is 4.98 Å². The summed E-state index contributed by atoms with van der Waals surface area (Å²) >= 11 is 0. The lowest BCUT2D eigenvalue weighted by Crippen LogP contribution is -2.06. The number of hydrazone groups is 1. The molecule has 0 radical (unpaired) electrons. The molecule has 1 N–H and O–H groups in total. The van der Waals surface area contributed by atoms with Crippen molar-refractivity contribution in [3.8, 4) is 0 Å². The number of H-pyrrole nitrogens is 1. The van der Waals surface area contributed by atoms with E-state index in [2.05, 4.69) is 28.3 Å². The number of para-hydroxylation sites is 1. The molecule has 0 saturated carbocycles. The van der Waals surface area contributed by atoms with Gasteiger partial charge >= 0.3 is 0 Å². The molecule has 1 aliphatic heterocycles. The highest BCUT2D eigenvalue weighted by Crippen LogP contribution is 2.22. The van der Waals surface area contributed by atoms with E-state index in [4.69, 9.17) is 0 Å². The van der Waals surface area contributed by atoms with Crippen molar-refractivity contribution in [3.63, 3.8) is 0 Å². The lowest BCUT2D eigenvalue weighted by atomic mass is 10.2. The number of benzene rings is 1. The summed E-state index contributed by atoms with van der Waals surface area (Å²) in [5, 5.41) is 7.30. The Balaban J connectivity index is 2.05. The number of aromatic nitrogens is 1. The molecule has 1 aromatic heterocycles. The van der Waals surface area contributed by atoms with E-state index >= 15 is 0 Å². The minimum Gasteiger partial charge on any atom is -0.340 e. The summed E-state index contributed by atoms with van der Waals surface area (Å²) in [5.74, 6) is 0.970. The molecule has 0 aliphatic carbocycles. The average Bonchev–Trinajstić information content (AvgIpc) is 2.56. The van der Waals surface area contributed by atoms with Crippen molar-refractivity contribution in [2.45, 2.75) is 0 Å². The molecule has 1 aliphatic rings. The second kappa shape index (κ2) is 3.70. The molecule has 3 rings (SSSR count). The molecule has 3 heteroatoms. The Bertz CT molecular complexity index is 541. The van der Waals surface area contributed by atoms with Crippen molar-refractivity contribution in [2.75, 3.05) is 5.01 Å². The maximum Gasteiger partial charge on any atom is 0.132 e. The van der Waals surface area contributed by atoms with E-state index in [0.717, 1.165) is 11.3 Å². The fraction of sp³-hybridized carbons (Fsp3) is 0. The molecule has 0 bridgehead atoms. The molecule has 0 fully saturated rings. The van der Waals surface area contributed by atoms with Crippen molar-refractivity contribution < 1.29 is 0 Å². The van der Waals surface area contributed by atoms with Gasteiger partial charge in [0.1, 0.15) is 5.82 Å². The lowest BCUT2D eigenvalue weighted by Gasteiger charge is -2.09. The molecule has 2 aromatic rings. The molecule has 78 valence electrons. The SMILES string of the molecule is C1=CC=NN(c2cc3ccccc3[nH]2)C=C1. The van der Waals surface area contributed by atoms with E-state index in [1.54, 1.807) is 6.21 Å². The number of nitrogens with one attached hydrogen (secondary N) is 1. The highest BCUT2D eigenvalue weighted by atomic mass is 15.5. The Kier molecular flexibility index (Phi) is 2.07. The van der Waals surface area contributed by atoms with Crippen LogP contribution >= 0.6 is 0 Å². The minimum atomic E-state index is 0.970. The maximum atomic E-state index is 4.29. The number of hydrogen-bond acceptors (Lipinski definition) is 2. The molecule has 0 atom stereocenters. The first-order valence-electron chi connectivity index (χ1n) is 5.18. The van der Waals surface area contributed by atoms with Gasteiger partial charge in [-0.1, -0.05) is 24.3 Å². The zero-order valence-electron chi connectivity index (χ0n) is 8.67. The first kappa shape index (κ1) is 8.97. The minimum absolute atomic E-state index is 0.970. The third-order valence-electron chi connectivity index (χ3n) is 2.49. The zero-order chi connectivity index (χ0) is 10.8. The van der Waals surface area contributed by atoms with Crippen LogP contribution in [0.25, 0.3) is 10.9 Å². The molecule has 0 unspecified atom stereocenters. The molecule has 16 heavy (non-hydrogen) atoms. The fourth-order valence-electron chi connectivity index (χ4n) is 1.72. The first-order valence-corrected chi connectivity index (χ1v) is 5.18. The van der Waals surface area contributed by atoms with Gasteiger partial charge < -0.3 is 4.98 Å². The lowest BCUT2D eigenvalue weighted by molar-refractivity contribution is 1.06. The number of rotatable bonds is 1. The molecular formula is C13H11N3. The van der Waals surface area contributed by atoms with Gasteiger partial charge in [0.2, 0.25) is 0 Å². The predicted molar refractivity (Wildman–Crippen MR) is 67.5 cm³/mol. The van der Waals surface area contributed by atoms with Gasteiger partial charge in [0.25, 0.3) is 0 Å². The van der Waals surface area contributed by atoms with Crippen molar-refractivity contribution in [1.29, 1.82) is 0 Å². The highest BCUT2D eigenvalue weighted by Gasteiger charge is 2.05. The van der Waals surface area contributed by atoms with Gasteiger partial charge in [-0.2, -0.15) is 5.10 Å². The molecule has 0 amide bonds. The number of allylic oxidation sites excluding steroid dienone is 3. The summed E-state index contributed by atoms with van der Waals surface area (Å²) in [5.41, 5.74) is 1.12. The van der Waals surface area contributed by atoms with Crippen LogP contribution in [0, 0.1) is 0 Å². The van der Waals surface area contributed by atoms with E-state index in [9.17, 15) is 0 Å². The maximum absolute atomic E-state index is 4.29. The highest BCUT2D eigenvalue weighted by molar-refractivity contribution is 5.84. The van der Waals surface area contributed by atoms with Crippen LogP contribution in [0.4, 0.5) is 5.82 Å². The quantitative estimate of drug-likeness (QED) is 0.769. The van der Waals surface area contributed by atoms with Gasteiger partial charge in [-0.15, -0.1) is 0 Å². The number of fused-ring (bicyclic) bond motifs is 1. The van der Waals surface area contributed by atoms with Crippen molar-refractivity contribution >= 4 is 22.9 Å². The Morgan fingerprint density at radius 2 is 2.00 bits per heavy atom. The molecular weight excluding hydrogens is 198 g/mol. The molecule has 1 aromatic carbocycles. The van der Waals surface area contributed by atoms with Gasteiger partial charge in [-0.3, -0.25) is 0 Å². The Hall–Kier alpha value is -2.29. The summed E-state index contributed by atoms with van der Waals surface area (Å²) in [7, 11) is 0. The fourth-order valence-corrected chi connectivity index (χ4v) is 1.72. The molecule has 0 saturated heterocycles. The number of anilines is 1. The summed E-state index contributed by atoms with van der Waals surface area (Å²) < 4.78 is 0. The normalized spacial score (nSPS) is 14.6. The van der Waals surface area contributed by atoms with Crippen LogP contribution in [0.1, 0.15) is 0 Å². The van der Waals surface area contributed by atoms with E-state index < -0.39 is 0 Å². The standard InChI is InChI=1S/C13H11N3/c1-4-8-14-16(9-5-1)13-10-11-6-2-3-7-12(11)15-13/h1-10,15H. The predicted octanol–water partition coefficient (Wildman–Crippen LogP) is 3.04. The second-order valence-electron chi connectivity index (χ2n) is 3.58. The summed E-state index contributed by atoms with van der Waals surface area (Å²) in [4.78, 5) is 3.33. The van der Waals surface area contributed by atoms with E-state index in [0.29, 0.717) is 0 Å². The second-order valence-corrected chi connectivity index (χ2v) is 3.58. The van der Waals surface area contributed by atoms with Gasteiger partial charge in [0.15, 0.2) is 0 Å². The van der Waals surface area contributed by atoms with Crippen molar-refractivity contribution in [3.05, 3.63) is 54.8 Å². The van der Waals surface area contributed by atoms with E-state index in [1.165, 1.54) is 5.39 Å². The molecule has 3 nitrogen and oxygen atoms in total. The summed E-state index contributed by atoms with van der Waals surface area (Å²) in [6.07, 6.45) is 9.50. The Labute approximate surface area is 93.4 Å². The smallest absolute Gasteiger partial charge is 0.132 e. The van der Waals surface area contributed by atoms with Gasteiger partial charge in [0, 0.05) is 23.3 Å². The number of nitrogens with zero attached hydrogens (tertiary/aromatic N) is 2. The average molecular weight is 209 g/mol. The summed E-state index contributed by atoms with van der Waals surface area (Å²) in [6, 6.07) is 10.3. The third kappa shape index (κ3) is 1.52.